The standard InChI is InChI=1S/C44H46FN9O4/c1-25(2)39(52-44(57)58-3)43(56)54-18-8-12-37(54)40-48-23-34(50-40)28-14-13-27-21-33(47-22-30(27)19-28)29-15-16-31(32(45)20-29)35-24-49-41(51-35)36-11-7-17-53(36)42(55)38(46)26-9-5-4-6-10-26/h4-6,9-10,13-16,19-25,36-39H,7-8,11-12,17-18,46H2,1-3H3,(H,48,50)(H,49,51)(H,52,57)/t36-,37-,38+,39-/m0/s1. The van der Waals surface area contributed by atoms with Crippen LogP contribution in [0.3, 0.4) is 0 Å². The number of nitrogens with zero attached hydrogens (tertiary/aromatic N) is 5. The molecule has 298 valence electrons. The minimum Gasteiger partial charge on any atom is -0.453 e. The Balaban J connectivity index is 0.958. The van der Waals surface area contributed by atoms with Crippen LogP contribution in [-0.2, 0) is 14.3 Å². The zero-order valence-corrected chi connectivity index (χ0v) is 32.6. The van der Waals surface area contributed by atoms with E-state index >= 15 is 4.39 Å². The number of halogens is 1. The number of pyridine rings is 1. The summed E-state index contributed by atoms with van der Waals surface area (Å²) >= 11 is 0. The molecule has 3 aromatic heterocycles. The van der Waals surface area contributed by atoms with Crippen LogP contribution in [-0.4, -0.2) is 78.9 Å². The van der Waals surface area contributed by atoms with Crippen LogP contribution in [0.2, 0.25) is 0 Å². The lowest BCUT2D eigenvalue weighted by Crippen LogP contribution is -2.51. The number of imidazole rings is 2. The van der Waals surface area contributed by atoms with Gasteiger partial charge in [-0.3, -0.25) is 14.6 Å². The lowest BCUT2D eigenvalue weighted by Gasteiger charge is -2.30. The Bertz CT molecular complexity index is 2470. The van der Waals surface area contributed by atoms with Crippen LogP contribution >= 0.6 is 0 Å². The Labute approximate surface area is 335 Å². The molecule has 0 spiro atoms. The third-order valence-electron chi connectivity index (χ3n) is 11.3. The normalized spacial score (nSPS) is 17.8. The molecule has 3 amide bonds. The van der Waals surface area contributed by atoms with Crippen LogP contribution in [0.5, 0.6) is 0 Å². The SMILES string of the molecule is COC(=O)N[C@H](C(=O)N1CCC[C@H]1c1ncc(-c2ccc3cc(-c4ccc(-c5cnc([C@@H]6CCCN6C(=O)[C@H](N)c6ccccc6)[nH]5)c(F)c4)ncc3c2)[nH]1)C(C)C. The van der Waals surface area contributed by atoms with Crippen molar-refractivity contribution in [1.29, 1.82) is 0 Å². The zero-order valence-electron chi connectivity index (χ0n) is 32.6. The van der Waals surface area contributed by atoms with Crippen molar-refractivity contribution >= 4 is 28.7 Å². The molecule has 0 saturated carbocycles. The first kappa shape index (κ1) is 38.5. The number of H-pyrrole nitrogens is 2. The molecular formula is C44H46FN9O4. The highest BCUT2D eigenvalue weighted by Gasteiger charge is 2.38. The van der Waals surface area contributed by atoms with Gasteiger partial charge in [-0.15, -0.1) is 0 Å². The first-order valence-electron chi connectivity index (χ1n) is 19.7. The molecule has 5 heterocycles. The summed E-state index contributed by atoms with van der Waals surface area (Å²) in [4.78, 5) is 63.1. The first-order chi connectivity index (χ1) is 28.1. The minimum atomic E-state index is -0.770. The third-order valence-corrected chi connectivity index (χ3v) is 11.3. The smallest absolute Gasteiger partial charge is 0.407 e. The van der Waals surface area contributed by atoms with E-state index in [2.05, 4.69) is 30.2 Å². The molecule has 2 saturated heterocycles. The topological polar surface area (TPSA) is 175 Å². The second-order valence-electron chi connectivity index (χ2n) is 15.3. The van der Waals surface area contributed by atoms with Gasteiger partial charge in [0, 0.05) is 41.4 Å². The highest BCUT2D eigenvalue weighted by atomic mass is 19.1. The molecule has 3 aromatic carbocycles. The number of nitrogens with two attached hydrogens (primary N) is 1. The van der Waals surface area contributed by atoms with Crippen LogP contribution in [0.25, 0.3) is 44.5 Å². The maximum Gasteiger partial charge on any atom is 0.407 e. The van der Waals surface area contributed by atoms with Gasteiger partial charge < -0.3 is 35.6 Å². The summed E-state index contributed by atoms with van der Waals surface area (Å²) in [6, 6.07) is 20.3. The lowest BCUT2D eigenvalue weighted by molar-refractivity contribution is -0.135. The molecule has 2 aliphatic rings. The maximum atomic E-state index is 15.8. The number of aromatic amines is 2. The summed E-state index contributed by atoms with van der Waals surface area (Å²) in [5, 5.41) is 4.52. The van der Waals surface area contributed by atoms with Crippen LogP contribution < -0.4 is 11.1 Å². The van der Waals surface area contributed by atoms with Gasteiger partial charge in [0.05, 0.1) is 48.7 Å². The molecule has 2 fully saturated rings. The highest BCUT2D eigenvalue weighted by Crippen LogP contribution is 2.36. The zero-order chi connectivity index (χ0) is 40.5. The Kier molecular flexibility index (Phi) is 10.8. The molecule has 8 rings (SSSR count). The van der Waals surface area contributed by atoms with Crippen LogP contribution in [0.15, 0.2) is 91.4 Å². The summed E-state index contributed by atoms with van der Waals surface area (Å²) in [6.07, 6.45) is 7.64. The Hall–Kier alpha value is -6.41. The van der Waals surface area contributed by atoms with E-state index in [9.17, 15) is 14.4 Å². The maximum absolute atomic E-state index is 15.8. The first-order valence-corrected chi connectivity index (χ1v) is 19.7. The number of ether oxygens (including phenoxy) is 1. The Morgan fingerprint density at radius 2 is 1.45 bits per heavy atom. The Morgan fingerprint density at radius 3 is 2.12 bits per heavy atom. The quantitative estimate of drug-likeness (QED) is 0.113. The minimum absolute atomic E-state index is 0.124. The predicted molar refractivity (Wildman–Crippen MR) is 217 cm³/mol. The fourth-order valence-electron chi connectivity index (χ4n) is 8.14. The van der Waals surface area contributed by atoms with Gasteiger partial charge in [0.15, 0.2) is 0 Å². The van der Waals surface area contributed by atoms with E-state index in [1.807, 2.05) is 74.5 Å². The number of carbonyl (C=O) groups is 3. The highest BCUT2D eigenvalue weighted by molar-refractivity contribution is 5.89. The average molecular weight is 784 g/mol. The summed E-state index contributed by atoms with van der Waals surface area (Å²) in [5.74, 6) is 0.417. The van der Waals surface area contributed by atoms with Crippen LogP contribution in [0, 0.1) is 11.7 Å². The average Bonchev–Trinajstić information content (AvgIpc) is 4.09. The summed E-state index contributed by atoms with van der Waals surface area (Å²) in [5.41, 5.74) is 11.0. The van der Waals surface area contributed by atoms with Gasteiger partial charge in [-0.2, -0.15) is 0 Å². The van der Waals surface area contributed by atoms with Gasteiger partial charge in [0.1, 0.15) is 29.5 Å². The number of carbonyl (C=O) groups excluding carboxylic acids is 3. The number of hydrogen-bond acceptors (Lipinski definition) is 8. The number of aromatic nitrogens is 5. The van der Waals surface area contributed by atoms with E-state index < -0.39 is 24.0 Å². The van der Waals surface area contributed by atoms with E-state index in [4.69, 9.17) is 10.5 Å². The van der Waals surface area contributed by atoms with Crippen molar-refractivity contribution in [1.82, 2.24) is 40.0 Å². The number of benzene rings is 3. The molecular weight excluding hydrogens is 738 g/mol. The van der Waals surface area contributed by atoms with Gasteiger partial charge >= 0.3 is 6.09 Å². The Morgan fingerprint density at radius 1 is 0.793 bits per heavy atom. The molecule has 6 aromatic rings. The fourth-order valence-corrected chi connectivity index (χ4v) is 8.14. The molecule has 0 aliphatic carbocycles. The summed E-state index contributed by atoms with van der Waals surface area (Å²) < 4.78 is 20.5. The van der Waals surface area contributed by atoms with Crippen molar-refractivity contribution < 1.29 is 23.5 Å². The number of amides is 3. The predicted octanol–water partition coefficient (Wildman–Crippen LogP) is 7.23. The largest absolute Gasteiger partial charge is 0.453 e. The molecule has 4 atom stereocenters. The summed E-state index contributed by atoms with van der Waals surface area (Å²) in [6.45, 7) is 4.92. The van der Waals surface area contributed by atoms with Crippen molar-refractivity contribution in [2.45, 2.75) is 63.7 Å². The van der Waals surface area contributed by atoms with Gasteiger partial charge in [-0.05, 0) is 66.8 Å². The van der Waals surface area contributed by atoms with Gasteiger partial charge in [0.25, 0.3) is 0 Å². The molecule has 58 heavy (non-hydrogen) atoms. The monoisotopic (exact) mass is 783 g/mol. The van der Waals surface area contributed by atoms with Gasteiger partial charge in [-0.1, -0.05) is 62.4 Å². The van der Waals surface area contributed by atoms with Crippen LogP contribution in [0.1, 0.15) is 74.9 Å². The number of fused-ring (bicyclic) bond motifs is 1. The molecule has 14 heteroatoms. The number of nitrogens with one attached hydrogen (secondary N) is 3. The molecule has 5 N–H and O–H groups in total. The third kappa shape index (κ3) is 7.54. The fraction of sp³-hybridized carbons (Fsp3) is 0.318. The van der Waals surface area contributed by atoms with E-state index in [-0.39, 0.29) is 29.8 Å². The number of hydrogen-bond donors (Lipinski definition) is 4. The number of rotatable bonds is 10. The van der Waals surface area contributed by atoms with Crippen molar-refractivity contribution in [3.63, 3.8) is 0 Å². The second-order valence-corrected chi connectivity index (χ2v) is 15.3. The van der Waals surface area contributed by atoms with Crippen molar-refractivity contribution in [3.8, 4) is 33.8 Å². The van der Waals surface area contributed by atoms with E-state index in [0.29, 0.717) is 47.3 Å². The van der Waals surface area contributed by atoms with Crippen molar-refractivity contribution in [2.75, 3.05) is 20.2 Å². The lowest BCUT2D eigenvalue weighted by atomic mass is 10.0. The molecule has 0 unspecified atom stereocenters. The van der Waals surface area contributed by atoms with Crippen LogP contribution in [0.4, 0.5) is 9.18 Å². The summed E-state index contributed by atoms with van der Waals surface area (Å²) in [7, 11) is 1.28. The number of likely N-dealkylation sites (tertiary alicyclic amines) is 2. The molecule has 2 aliphatic heterocycles. The number of methoxy groups -OCH3 is 1. The van der Waals surface area contributed by atoms with Crippen molar-refractivity contribution in [2.24, 2.45) is 11.7 Å². The molecule has 0 radical (unpaired) electrons. The number of alkyl carbamates (subject to hydrolysis) is 1. The van der Waals surface area contributed by atoms with E-state index in [0.717, 1.165) is 53.3 Å². The van der Waals surface area contributed by atoms with E-state index in [1.165, 1.54) is 13.2 Å². The molecule has 13 nitrogen and oxygen atoms in total. The van der Waals surface area contributed by atoms with Gasteiger partial charge in [-0.25, -0.2) is 19.2 Å². The second kappa shape index (κ2) is 16.2. The molecule has 0 bridgehead atoms. The van der Waals surface area contributed by atoms with Crippen molar-refractivity contribution in [3.05, 3.63) is 114 Å². The van der Waals surface area contributed by atoms with E-state index in [1.54, 1.807) is 34.5 Å². The van der Waals surface area contributed by atoms with Gasteiger partial charge in [0.2, 0.25) is 11.8 Å².